The van der Waals surface area contributed by atoms with Crippen molar-refractivity contribution in [2.75, 3.05) is 17.2 Å². The van der Waals surface area contributed by atoms with Crippen LogP contribution in [0.25, 0.3) is 0 Å². The van der Waals surface area contributed by atoms with Gasteiger partial charge in [0, 0.05) is 11.4 Å². The first kappa shape index (κ1) is 16.1. The zero-order chi connectivity index (χ0) is 15.9. The van der Waals surface area contributed by atoms with Gasteiger partial charge >= 0.3 is 0 Å². The number of carbonyl (C=O) groups excluding carboxylic acids is 1. The van der Waals surface area contributed by atoms with E-state index in [1.54, 1.807) is 0 Å². The summed E-state index contributed by atoms with van der Waals surface area (Å²) in [4.78, 5) is 12.0. The number of aryl methyl sites for hydroxylation is 1. The lowest BCUT2D eigenvalue weighted by Crippen LogP contribution is -2.21. The second-order valence-electron chi connectivity index (χ2n) is 5.70. The molecule has 2 N–H and O–H groups in total. The van der Waals surface area contributed by atoms with Gasteiger partial charge < -0.3 is 10.6 Å². The van der Waals surface area contributed by atoms with Gasteiger partial charge in [0.15, 0.2) is 0 Å². The van der Waals surface area contributed by atoms with Gasteiger partial charge in [-0.15, -0.1) is 0 Å². The van der Waals surface area contributed by atoms with Crippen LogP contribution < -0.4 is 10.6 Å². The summed E-state index contributed by atoms with van der Waals surface area (Å²) in [5.74, 6) is 0.505. The van der Waals surface area contributed by atoms with Crippen LogP contribution in [0.5, 0.6) is 0 Å². The third kappa shape index (κ3) is 4.62. The highest BCUT2D eigenvalue weighted by Gasteiger charge is 2.05. The molecule has 3 nitrogen and oxygen atoms in total. The van der Waals surface area contributed by atoms with E-state index in [0.717, 1.165) is 17.8 Å². The van der Waals surface area contributed by atoms with E-state index >= 15 is 0 Å². The number of amides is 1. The number of anilines is 2. The monoisotopic (exact) mass is 296 g/mol. The van der Waals surface area contributed by atoms with Crippen LogP contribution in [0.4, 0.5) is 11.4 Å². The van der Waals surface area contributed by atoms with Crippen LogP contribution in [-0.4, -0.2) is 12.5 Å². The van der Waals surface area contributed by atoms with Gasteiger partial charge in [0.05, 0.1) is 6.54 Å². The van der Waals surface area contributed by atoms with E-state index in [0.29, 0.717) is 5.92 Å². The molecule has 0 bridgehead atoms. The van der Waals surface area contributed by atoms with Gasteiger partial charge in [0.1, 0.15) is 0 Å². The highest BCUT2D eigenvalue weighted by atomic mass is 16.1. The van der Waals surface area contributed by atoms with Crippen molar-refractivity contribution in [3.63, 3.8) is 0 Å². The quantitative estimate of drug-likeness (QED) is 0.820. The van der Waals surface area contributed by atoms with Crippen molar-refractivity contribution in [1.82, 2.24) is 0 Å². The summed E-state index contributed by atoms with van der Waals surface area (Å²) < 4.78 is 0. The lowest BCUT2D eigenvalue weighted by atomic mass is 9.99. The van der Waals surface area contributed by atoms with Gasteiger partial charge in [-0.1, -0.05) is 38.1 Å². The Morgan fingerprint density at radius 1 is 1.09 bits per heavy atom. The zero-order valence-corrected chi connectivity index (χ0v) is 13.5. The van der Waals surface area contributed by atoms with E-state index in [1.165, 1.54) is 11.1 Å². The largest absolute Gasteiger partial charge is 0.376 e. The van der Waals surface area contributed by atoms with Gasteiger partial charge in [-0.25, -0.2) is 0 Å². The van der Waals surface area contributed by atoms with Gasteiger partial charge in [-0.2, -0.15) is 0 Å². The molecule has 0 aliphatic heterocycles. The number of carbonyl (C=O) groups is 1. The molecule has 2 aromatic rings. The zero-order valence-electron chi connectivity index (χ0n) is 13.5. The topological polar surface area (TPSA) is 41.1 Å². The van der Waals surface area contributed by atoms with Crippen LogP contribution in [0.15, 0.2) is 48.5 Å². The average molecular weight is 296 g/mol. The average Bonchev–Trinajstić information content (AvgIpc) is 2.53. The van der Waals surface area contributed by atoms with Crippen molar-refractivity contribution in [2.45, 2.75) is 33.1 Å². The third-order valence-corrected chi connectivity index (χ3v) is 3.85. The molecule has 0 unspecified atom stereocenters. The number of nitrogens with one attached hydrogen (secondary N) is 2. The van der Waals surface area contributed by atoms with Gasteiger partial charge in [0.25, 0.3) is 0 Å². The summed E-state index contributed by atoms with van der Waals surface area (Å²) in [6, 6.07) is 16.1. The third-order valence-electron chi connectivity index (χ3n) is 3.85. The summed E-state index contributed by atoms with van der Waals surface area (Å²) in [6.07, 6.45) is 1.12. The van der Waals surface area contributed by atoms with Crippen molar-refractivity contribution in [2.24, 2.45) is 0 Å². The maximum atomic E-state index is 12.0. The Morgan fingerprint density at radius 2 is 1.82 bits per heavy atom. The summed E-state index contributed by atoms with van der Waals surface area (Å²) in [6.45, 7) is 6.68. The number of hydrogen-bond donors (Lipinski definition) is 2. The first-order chi connectivity index (χ1) is 10.6. The number of hydrogen-bond acceptors (Lipinski definition) is 2. The van der Waals surface area contributed by atoms with Gasteiger partial charge in [-0.05, 0) is 54.7 Å². The fourth-order valence-corrected chi connectivity index (χ4v) is 2.27. The summed E-state index contributed by atoms with van der Waals surface area (Å²) in [7, 11) is 0. The Labute approximate surface area is 132 Å². The SMILES string of the molecule is CC[C@H](C)c1ccc(NC(=O)CNc2cccc(C)c2)cc1. The Hall–Kier alpha value is -2.29. The molecular weight excluding hydrogens is 272 g/mol. The molecular formula is C19H24N2O. The highest BCUT2D eigenvalue weighted by Crippen LogP contribution is 2.20. The molecule has 3 heteroatoms. The van der Waals surface area contributed by atoms with Crippen LogP contribution in [0, 0.1) is 6.92 Å². The van der Waals surface area contributed by atoms with Gasteiger partial charge in [-0.3, -0.25) is 4.79 Å². The van der Waals surface area contributed by atoms with Crippen molar-refractivity contribution < 1.29 is 4.79 Å². The van der Waals surface area contributed by atoms with E-state index in [9.17, 15) is 4.79 Å². The fourth-order valence-electron chi connectivity index (χ4n) is 2.27. The lowest BCUT2D eigenvalue weighted by Gasteiger charge is -2.11. The Kier molecular flexibility index (Phi) is 5.59. The molecule has 22 heavy (non-hydrogen) atoms. The first-order valence-corrected chi connectivity index (χ1v) is 7.79. The lowest BCUT2D eigenvalue weighted by molar-refractivity contribution is -0.114. The maximum Gasteiger partial charge on any atom is 0.243 e. The molecule has 2 aromatic carbocycles. The molecule has 116 valence electrons. The number of rotatable bonds is 6. The smallest absolute Gasteiger partial charge is 0.243 e. The fraction of sp³-hybridized carbons (Fsp3) is 0.316. The van der Waals surface area contributed by atoms with Crippen molar-refractivity contribution in [1.29, 1.82) is 0 Å². The van der Waals surface area contributed by atoms with Crippen LogP contribution in [-0.2, 0) is 4.79 Å². The second kappa shape index (κ2) is 7.64. The maximum absolute atomic E-state index is 12.0. The predicted molar refractivity (Wildman–Crippen MR) is 93.4 cm³/mol. The van der Waals surface area contributed by atoms with Crippen LogP contribution >= 0.6 is 0 Å². The molecule has 0 spiro atoms. The predicted octanol–water partition coefficient (Wildman–Crippen LogP) is 4.56. The molecule has 0 radical (unpaired) electrons. The number of benzene rings is 2. The van der Waals surface area contributed by atoms with E-state index in [1.807, 2.05) is 43.3 Å². The molecule has 0 aliphatic rings. The molecule has 0 heterocycles. The van der Waals surface area contributed by atoms with Crippen LogP contribution in [0.3, 0.4) is 0 Å². The molecule has 2 rings (SSSR count). The van der Waals surface area contributed by atoms with Crippen molar-refractivity contribution in [3.05, 3.63) is 59.7 Å². The summed E-state index contributed by atoms with van der Waals surface area (Å²) in [5, 5.41) is 6.04. The minimum Gasteiger partial charge on any atom is -0.376 e. The molecule has 1 atom stereocenters. The minimum absolute atomic E-state index is 0.0437. The first-order valence-electron chi connectivity index (χ1n) is 7.79. The minimum atomic E-state index is -0.0437. The normalized spacial score (nSPS) is 11.8. The van der Waals surface area contributed by atoms with E-state index in [4.69, 9.17) is 0 Å². The molecule has 0 aliphatic carbocycles. The van der Waals surface area contributed by atoms with Gasteiger partial charge in [0.2, 0.25) is 5.91 Å². The molecule has 0 saturated carbocycles. The highest BCUT2D eigenvalue weighted by molar-refractivity contribution is 5.93. The van der Waals surface area contributed by atoms with Crippen molar-refractivity contribution in [3.8, 4) is 0 Å². The van der Waals surface area contributed by atoms with Crippen molar-refractivity contribution >= 4 is 17.3 Å². The molecule has 0 saturated heterocycles. The van der Waals surface area contributed by atoms with Crippen LogP contribution in [0.2, 0.25) is 0 Å². The summed E-state index contributed by atoms with van der Waals surface area (Å²) >= 11 is 0. The Balaban J connectivity index is 1.86. The van der Waals surface area contributed by atoms with E-state index < -0.39 is 0 Å². The molecule has 1 amide bonds. The summed E-state index contributed by atoms with van der Waals surface area (Å²) in [5.41, 5.74) is 4.27. The Morgan fingerprint density at radius 3 is 2.45 bits per heavy atom. The van der Waals surface area contributed by atoms with E-state index in [-0.39, 0.29) is 12.5 Å². The van der Waals surface area contributed by atoms with E-state index in [2.05, 4.69) is 36.6 Å². The Bertz CT molecular complexity index is 620. The molecule has 0 fully saturated rings. The second-order valence-corrected chi connectivity index (χ2v) is 5.70. The molecule has 0 aromatic heterocycles. The van der Waals surface area contributed by atoms with Crippen LogP contribution in [0.1, 0.15) is 37.3 Å². The standard InChI is InChI=1S/C19H24N2O/c1-4-15(3)16-8-10-17(11-9-16)21-19(22)13-20-18-7-5-6-14(2)12-18/h5-12,15,20H,4,13H2,1-3H3,(H,21,22)/t15-/m0/s1.